The molecule has 10 aromatic rings. The first-order valence-corrected chi connectivity index (χ1v) is 19.9. The second kappa shape index (κ2) is 12.7. The zero-order chi connectivity index (χ0) is 37.4. The molecular weight excluding hydrogens is 701 g/mol. The van der Waals surface area contributed by atoms with E-state index in [0.717, 1.165) is 70.9 Å². The Morgan fingerprint density at radius 1 is 0.500 bits per heavy atom. The third kappa shape index (κ3) is 5.14. The number of anilines is 3. The minimum absolute atomic E-state index is 0.0616. The maximum absolute atomic E-state index is 6.50. The second-order valence-corrected chi connectivity index (χ2v) is 16.2. The molecule has 0 saturated carbocycles. The fourth-order valence-corrected chi connectivity index (χ4v) is 9.77. The van der Waals surface area contributed by atoms with Gasteiger partial charge in [0.25, 0.3) is 0 Å². The van der Waals surface area contributed by atoms with Crippen LogP contribution in [0.3, 0.4) is 0 Å². The van der Waals surface area contributed by atoms with Crippen molar-refractivity contribution in [2.24, 2.45) is 0 Å². The van der Waals surface area contributed by atoms with Crippen LogP contribution in [0.4, 0.5) is 17.1 Å². The van der Waals surface area contributed by atoms with Gasteiger partial charge >= 0.3 is 0 Å². The van der Waals surface area contributed by atoms with Crippen LogP contribution in [-0.2, 0) is 5.41 Å². The molecule has 1 aliphatic carbocycles. The molecule has 3 nitrogen and oxygen atoms in total. The molecule has 11 rings (SSSR count). The molecular formula is C52H36N2OS. The molecule has 0 amide bonds. The lowest BCUT2D eigenvalue weighted by Crippen LogP contribution is -2.15. The topological polar surface area (TPSA) is 29.3 Å². The highest BCUT2D eigenvalue weighted by atomic mass is 32.1. The van der Waals surface area contributed by atoms with Crippen molar-refractivity contribution in [1.82, 2.24) is 4.98 Å². The number of thiazole rings is 1. The molecule has 0 unspecified atom stereocenters. The maximum atomic E-state index is 6.50. The first kappa shape index (κ1) is 32.7. The smallest absolute Gasteiger partial charge is 0.137 e. The molecule has 56 heavy (non-hydrogen) atoms. The molecule has 2 aromatic heterocycles. The molecule has 0 fully saturated rings. The third-order valence-electron chi connectivity index (χ3n) is 11.5. The van der Waals surface area contributed by atoms with Crippen molar-refractivity contribution in [3.8, 4) is 44.0 Å². The fourth-order valence-electron chi connectivity index (χ4n) is 8.76. The van der Waals surface area contributed by atoms with Crippen molar-refractivity contribution in [2.45, 2.75) is 19.3 Å². The van der Waals surface area contributed by atoms with Gasteiger partial charge in [0.05, 0.1) is 10.2 Å². The van der Waals surface area contributed by atoms with Crippen molar-refractivity contribution in [3.05, 3.63) is 193 Å². The molecule has 2 heterocycles. The Morgan fingerprint density at radius 2 is 1.09 bits per heavy atom. The van der Waals surface area contributed by atoms with E-state index in [1.165, 1.54) is 33.4 Å². The molecule has 0 radical (unpaired) electrons. The Bertz CT molecular complexity index is 3090. The van der Waals surface area contributed by atoms with Crippen LogP contribution in [0, 0.1) is 0 Å². The summed E-state index contributed by atoms with van der Waals surface area (Å²) >= 11 is 1.71. The van der Waals surface area contributed by atoms with Crippen LogP contribution >= 0.6 is 11.3 Å². The predicted molar refractivity (Wildman–Crippen MR) is 235 cm³/mol. The largest absolute Gasteiger partial charge is 0.456 e. The molecule has 0 saturated heterocycles. The van der Waals surface area contributed by atoms with E-state index in [1.54, 1.807) is 11.3 Å². The highest BCUT2D eigenvalue weighted by Gasteiger charge is 2.35. The van der Waals surface area contributed by atoms with Crippen LogP contribution in [0.1, 0.15) is 25.0 Å². The van der Waals surface area contributed by atoms with Crippen LogP contribution in [-0.4, -0.2) is 4.98 Å². The van der Waals surface area contributed by atoms with Crippen molar-refractivity contribution >= 4 is 60.6 Å². The number of rotatable bonds is 6. The van der Waals surface area contributed by atoms with Crippen molar-refractivity contribution in [3.63, 3.8) is 0 Å². The number of benzene rings is 8. The normalized spacial score (nSPS) is 13.0. The quantitative estimate of drug-likeness (QED) is 0.170. The fraction of sp³-hybridized carbons (Fsp3) is 0.0577. The number of nitrogens with zero attached hydrogens (tertiary/aromatic N) is 2. The van der Waals surface area contributed by atoms with Crippen LogP contribution in [0.2, 0.25) is 0 Å². The molecule has 0 aliphatic heterocycles. The lowest BCUT2D eigenvalue weighted by Gasteiger charge is -2.27. The summed E-state index contributed by atoms with van der Waals surface area (Å²) < 4.78 is 7.61. The zero-order valence-corrected chi connectivity index (χ0v) is 31.8. The number of furan rings is 1. The minimum Gasteiger partial charge on any atom is -0.456 e. The lowest BCUT2D eigenvalue weighted by molar-refractivity contribution is 0.660. The summed E-state index contributed by atoms with van der Waals surface area (Å²) in [6, 6.07) is 65.3. The van der Waals surface area contributed by atoms with Crippen molar-refractivity contribution < 1.29 is 4.42 Å². The van der Waals surface area contributed by atoms with Crippen molar-refractivity contribution in [1.29, 1.82) is 0 Å². The predicted octanol–water partition coefficient (Wildman–Crippen LogP) is 15.0. The molecule has 0 atom stereocenters. The molecule has 0 N–H and O–H groups in total. The first-order chi connectivity index (χ1) is 27.5. The summed E-state index contributed by atoms with van der Waals surface area (Å²) in [6.45, 7) is 4.67. The number of hydrogen-bond donors (Lipinski definition) is 0. The summed E-state index contributed by atoms with van der Waals surface area (Å²) in [5, 5.41) is 3.19. The monoisotopic (exact) mass is 736 g/mol. The Balaban J connectivity index is 1.08. The van der Waals surface area contributed by atoms with Gasteiger partial charge in [-0.05, 0) is 81.4 Å². The first-order valence-electron chi connectivity index (χ1n) is 19.1. The number of fused-ring (bicyclic) bond motifs is 7. The molecule has 1 aliphatic rings. The Morgan fingerprint density at radius 3 is 1.84 bits per heavy atom. The van der Waals surface area contributed by atoms with Gasteiger partial charge in [0.1, 0.15) is 16.2 Å². The molecule has 0 bridgehead atoms. The van der Waals surface area contributed by atoms with Crippen LogP contribution in [0.25, 0.3) is 76.1 Å². The molecule has 266 valence electrons. The summed E-state index contributed by atoms with van der Waals surface area (Å²) in [7, 11) is 0. The second-order valence-electron chi connectivity index (χ2n) is 15.2. The van der Waals surface area contributed by atoms with E-state index in [1.807, 2.05) is 12.1 Å². The van der Waals surface area contributed by atoms with Crippen LogP contribution < -0.4 is 4.90 Å². The number of aromatic nitrogens is 1. The van der Waals surface area contributed by atoms with Gasteiger partial charge in [-0.15, -0.1) is 11.3 Å². The van der Waals surface area contributed by atoms with E-state index in [4.69, 9.17) is 9.40 Å². The minimum atomic E-state index is -0.0616. The van der Waals surface area contributed by atoms with E-state index >= 15 is 0 Å². The summed E-state index contributed by atoms with van der Waals surface area (Å²) in [5.41, 5.74) is 17.0. The lowest BCUT2D eigenvalue weighted by atomic mass is 9.82. The van der Waals surface area contributed by atoms with E-state index in [9.17, 15) is 0 Å². The third-order valence-corrected chi connectivity index (χ3v) is 12.6. The van der Waals surface area contributed by atoms with E-state index in [-0.39, 0.29) is 5.41 Å². The number of para-hydroxylation sites is 1. The van der Waals surface area contributed by atoms with Gasteiger partial charge in [-0.25, -0.2) is 4.98 Å². The Labute approximate surface area is 329 Å². The van der Waals surface area contributed by atoms with Gasteiger partial charge in [-0.2, -0.15) is 0 Å². The molecule has 0 spiro atoms. The SMILES string of the molecule is CC1(C)c2ccccc2-c2cc(N(c3ccc(-c4ccccc4)cc3)c3ccc(-c4c5nc(-c6ccccc6)sc5cc5oc6ccccc6c45)cc3)ccc21. The van der Waals surface area contributed by atoms with E-state index in [0.29, 0.717) is 0 Å². The Kier molecular flexibility index (Phi) is 7.38. The summed E-state index contributed by atoms with van der Waals surface area (Å²) in [4.78, 5) is 7.69. The maximum Gasteiger partial charge on any atom is 0.137 e. The Hall–Kier alpha value is -6.75. The van der Waals surface area contributed by atoms with E-state index < -0.39 is 0 Å². The van der Waals surface area contributed by atoms with Crippen LogP contribution in [0.5, 0.6) is 0 Å². The average Bonchev–Trinajstić information content (AvgIpc) is 3.91. The summed E-state index contributed by atoms with van der Waals surface area (Å²) in [6.07, 6.45) is 0. The number of hydrogen-bond acceptors (Lipinski definition) is 4. The van der Waals surface area contributed by atoms with Crippen molar-refractivity contribution in [2.75, 3.05) is 4.90 Å². The van der Waals surface area contributed by atoms with Gasteiger partial charge in [0.2, 0.25) is 0 Å². The van der Waals surface area contributed by atoms with Gasteiger partial charge in [-0.1, -0.05) is 147 Å². The highest BCUT2D eigenvalue weighted by molar-refractivity contribution is 7.21. The van der Waals surface area contributed by atoms with Gasteiger partial charge in [0.15, 0.2) is 0 Å². The standard InChI is InChI=1S/C52H36N2OS/c1-52(2)43-19-11-9-17-40(43)42-31-39(29-30-44(42)52)54(37-25-21-34(22-26-37)33-13-5-3-6-14-33)38-27-23-35(24-28-38)48-49-41-18-10-12-20-45(41)55-46(49)32-47-50(48)53-51(56-47)36-15-7-4-8-16-36/h3-32H,1-2H3. The molecule has 4 heteroatoms. The highest BCUT2D eigenvalue weighted by Crippen LogP contribution is 2.51. The van der Waals surface area contributed by atoms with Gasteiger partial charge < -0.3 is 9.32 Å². The van der Waals surface area contributed by atoms with Crippen LogP contribution in [0.15, 0.2) is 186 Å². The van der Waals surface area contributed by atoms with Gasteiger partial charge in [0, 0.05) is 50.4 Å². The average molecular weight is 737 g/mol. The molecule has 8 aromatic carbocycles. The zero-order valence-electron chi connectivity index (χ0n) is 31.0. The van der Waals surface area contributed by atoms with E-state index in [2.05, 4.69) is 189 Å². The summed E-state index contributed by atoms with van der Waals surface area (Å²) in [5.74, 6) is 0. The van der Waals surface area contributed by atoms with Gasteiger partial charge in [-0.3, -0.25) is 0 Å².